The first kappa shape index (κ1) is 17.2. The van der Waals surface area contributed by atoms with Gasteiger partial charge in [0.1, 0.15) is 5.56 Å². The van der Waals surface area contributed by atoms with Crippen molar-refractivity contribution in [2.24, 2.45) is 0 Å². The topological polar surface area (TPSA) is 147 Å². The van der Waals surface area contributed by atoms with Crippen LogP contribution in [0.25, 0.3) is 0 Å². The number of phenols is 1. The highest BCUT2D eigenvalue weighted by Crippen LogP contribution is 2.34. The number of aromatic carboxylic acids is 1. The number of sulfonamides is 1. The van der Waals surface area contributed by atoms with Crippen molar-refractivity contribution in [3.05, 3.63) is 57.6 Å². The van der Waals surface area contributed by atoms with E-state index in [4.69, 9.17) is 5.11 Å². The lowest BCUT2D eigenvalue weighted by atomic mass is 10.1. The van der Waals surface area contributed by atoms with Gasteiger partial charge in [-0.1, -0.05) is 17.7 Å². The fraction of sp³-hybridized carbons (Fsp3) is 0.0714. The number of hydrogen-bond acceptors (Lipinski definition) is 6. The van der Waals surface area contributed by atoms with Crippen LogP contribution in [-0.4, -0.2) is 29.5 Å². The summed E-state index contributed by atoms with van der Waals surface area (Å²) in [6.07, 6.45) is 0. The van der Waals surface area contributed by atoms with Crippen LogP contribution in [0.5, 0.6) is 5.75 Å². The Hall–Kier alpha value is -3.14. The second kappa shape index (κ2) is 6.16. The van der Waals surface area contributed by atoms with Crippen LogP contribution >= 0.6 is 0 Å². The quantitative estimate of drug-likeness (QED) is 0.424. The Morgan fingerprint density at radius 1 is 1.21 bits per heavy atom. The highest BCUT2D eigenvalue weighted by atomic mass is 32.2. The summed E-state index contributed by atoms with van der Waals surface area (Å²) in [5.74, 6) is -2.68. The molecular formula is C14H12N2O7S. The minimum atomic E-state index is -4.08. The van der Waals surface area contributed by atoms with E-state index in [2.05, 4.69) is 4.72 Å². The van der Waals surface area contributed by atoms with E-state index in [0.717, 1.165) is 17.7 Å². The van der Waals surface area contributed by atoms with Crippen molar-refractivity contribution in [2.75, 3.05) is 4.72 Å². The first-order chi connectivity index (χ1) is 11.1. The lowest BCUT2D eigenvalue weighted by Gasteiger charge is -2.10. The summed E-state index contributed by atoms with van der Waals surface area (Å²) < 4.78 is 26.6. The van der Waals surface area contributed by atoms with Crippen molar-refractivity contribution in [3.63, 3.8) is 0 Å². The molecule has 0 unspecified atom stereocenters. The number of carbonyl (C=O) groups is 1. The molecule has 0 radical (unpaired) electrons. The van der Waals surface area contributed by atoms with E-state index in [9.17, 15) is 28.4 Å². The zero-order valence-corrected chi connectivity index (χ0v) is 13.1. The SMILES string of the molecule is Cc1ccc(S(=O)(=O)Nc2cc(C(=O)O)c(O)c([N+](=O)[O-])c2)cc1. The van der Waals surface area contributed by atoms with Crippen molar-refractivity contribution in [3.8, 4) is 5.75 Å². The summed E-state index contributed by atoms with van der Waals surface area (Å²) in [5, 5.41) is 29.5. The lowest BCUT2D eigenvalue weighted by molar-refractivity contribution is -0.385. The zero-order chi connectivity index (χ0) is 18.1. The number of carboxylic acids is 1. The third-order valence-corrected chi connectivity index (χ3v) is 4.50. The largest absolute Gasteiger partial charge is 0.501 e. The van der Waals surface area contributed by atoms with E-state index in [1.54, 1.807) is 19.1 Å². The van der Waals surface area contributed by atoms with Crippen LogP contribution in [0.3, 0.4) is 0 Å². The fourth-order valence-electron chi connectivity index (χ4n) is 1.91. The minimum Gasteiger partial charge on any atom is -0.501 e. The third-order valence-electron chi connectivity index (χ3n) is 3.10. The van der Waals surface area contributed by atoms with Gasteiger partial charge in [-0.05, 0) is 25.1 Å². The second-order valence-electron chi connectivity index (χ2n) is 4.87. The number of aromatic hydroxyl groups is 1. The van der Waals surface area contributed by atoms with Gasteiger partial charge in [-0.15, -0.1) is 0 Å². The molecule has 2 rings (SSSR count). The molecule has 0 aliphatic carbocycles. The monoisotopic (exact) mass is 352 g/mol. The molecule has 3 N–H and O–H groups in total. The second-order valence-corrected chi connectivity index (χ2v) is 6.55. The van der Waals surface area contributed by atoms with Crippen LogP contribution in [0, 0.1) is 17.0 Å². The first-order valence-electron chi connectivity index (χ1n) is 6.46. The number of benzene rings is 2. The fourth-order valence-corrected chi connectivity index (χ4v) is 2.95. The molecule has 0 bridgehead atoms. The van der Waals surface area contributed by atoms with Crippen molar-refractivity contribution < 1.29 is 28.3 Å². The van der Waals surface area contributed by atoms with E-state index in [0.29, 0.717) is 0 Å². The predicted molar refractivity (Wildman–Crippen MR) is 83.7 cm³/mol. The van der Waals surface area contributed by atoms with Gasteiger partial charge in [0.25, 0.3) is 10.0 Å². The Bertz CT molecular complexity index is 886. The molecule has 0 saturated carbocycles. The first-order valence-corrected chi connectivity index (χ1v) is 7.94. The van der Waals surface area contributed by atoms with E-state index in [1.807, 2.05) is 0 Å². The molecule has 0 fully saturated rings. The van der Waals surface area contributed by atoms with Gasteiger partial charge >= 0.3 is 11.7 Å². The van der Waals surface area contributed by atoms with Crippen LogP contribution in [0.15, 0.2) is 41.3 Å². The molecule has 2 aromatic rings. The number of aryl methyl sites for hydroxylation is 1. The number of nitrogens with zero attached hydrogens (tertiary/aromatic N) is 1. The molecule has 126 valence electrons. The standard InChI is InChI=1S/C14H12N2O7S/c1-8-2-4-10(5-3-8)24(22,23)15-9-6-11(14(18)19)13(17)12(7-9)16(20)21/h2-7,15,17H,1H3,(H,18,19). The van der Waals surface area contributed by atoms with Crippen LogP contribution in [0.4, 0.5) is 11.4 Å². The molecule has 0 aliphatic rings. The minimum absolute atomic E-state index is 0.0966. The Labute approximate surface area is 136 Å². The average Bonchev–Trinajstić information content (AvgIpc) is 2.48. The van der Waals surface area contributed by atoms with Crippen LogP contribution in [-0.2, 0) is 10.0 Å². The van der Waals surface area contributed by atoms with E-state index >= 15 is 0 Å². The Kier molecular flexibility index (Phi) is 4.42. The van der Waals surface area contributed by atoms with Gasteiger partial charge in [0.2, 0.25) is 5.75 Å². The van der Waals surface area contributed by atoms with Gasteiger partial charge in [0.05, 0.1) is 15.5 Å². The molecule has 0 saturated heterocycles. The van der Waals surface area contributed by atoms with Crippen molar-refractivity contribution >= 4 is 27.4 Å². The number of hydrogen-bond donors (Lipinski definition) is 3. The lowest BCUT2D eigenvalue weighted by Crippen LogP contribution is -2.14. The normalized spacial score (nSPS) is 11.0. The average molecular weight is 352 g/mol. The molecule has 0 atom stereocenters. The molecule has 0 aliphatic heterocycles. The molecule has 2 aromatic carbocycles. The van der Waals surface area contributed by atoms with Gasteiger partial charge in [-0.2, -0.15) is 0 Å². The summed E-state index contributed by atoms with van der Waals surface area (Å²) in [7, 11) is -4.08. The molecule has 0 amide bonds. The van der Waals surface area contributed by atoms with E-state index in [1.165, 1.54) is 12.1 Å². The summed E-state index contributed by atoms with van der Waals surface area (Å²) in [6, 6.07) is 7.35. The summed E-state index contributed by atoms with van der Waals surface area (Å²) in [4.78, 5) is 20.9. The Balaban J connectivity index is 2.51. The van der Waals surface area contributed by atoms with Crippen molar-refractivity contribution in [1.82, 2.24) is 0 Å². The van der Waals surface area contributed by atoms with Crippen LogP contribution in [0.1, 0.15) is 15.9 Å². The highest BCUT2D eigenvalue weighted by Gasteiger charge is 2.25. The van der Waals surface area contributed by atoms with Gasteiger partial charge in [-0.3, -0.25) is 14.8 Å². The van der Waals surface area contributed by atoms with Crippen LogP contribution < -0.4 is 4.72 Å². The summed E-state index contributed by atoms with van der Waals surface area (Å²) >= 11 is 0. The van der Waals surface area contributed by atoms with Gasteiger partial charge in [0.15, 0.2) is 0 Å². The van der Waals surface area contributed by atoms with Gasteiger partial charge in [0, 0.05) is 6.07 Å². The van der Waals surface area contributed by atoms with Crippen molar-refractivity contribution in [2.45, 2.75) is 11.8 Å². The maximum Gasteiger partial charge on any atom is 0.339 e. The summed E-state index contributed by atoms with van der Waals surface area (Å²) in [5.41, 5.74) is -1.22. The number of nitro benzene ring substituents is 1. The molecule has 9 nitrogen and oxygen atoms in total. The maximum absolute atomic E-state index is 12.3. The number of anilines is 1. The molecule has 0 aromatic heterocycles. The summed E-state index contributed by atoms with van der Waals surface area (Å²) in [6.45, 7) is 1.77. The molecule has 10 heteroatoms. The molecule has 0 spiro atoms. The van der Waals surface area contributed by atoms with Gasteiger partial charge in [-0.25, -0.2) is 13.2 Å². The Morgan fingerprint density at radius 2 is 1.79 bits per heavy atom. The third kappa shape index (κ3) is 3.43. The maximum atomic E-state index is 12.3. The van der Waals surface area contributed by atoms with Crippen LogP contribution in [0.2, 0.25) is 0 Å². The molecule has 24 heavy (non-hydrogen) atoms. The predicted octanol–water partition coefficient (Wildman–Crippen LogP) is 2.11. The van der Waals surface area contributed by atoms with E-state index < -0.39 is 37.9 Å². The number of carboxylic acid groups (broad SMARTS) is 1. The molecule has 0 heterocycles. The number of rotatable bonds is 5. The van der Waals surface area contributed by atoms with Crippen molar-refractivity contribution in [1.29, 1.82) is 0 Å². The smallest absolute Gasteiger partial charge is 0.339 e. The zero-order valence-electron chi connectivity index (χ0n) is 12.3. The Morgan fingerprint density at radius 3 is 2.29 bits per heavy atom. The van der Waals surface area contributed by atoms with E-state index in [-0.39, 0.29) is 10.6 Å². The molecular weight excluding hydrogens is 340 g/mol. The number of nitrogens with one attached hydrogen (secondary N) is 1. The number of nitro groups is 1. The van der Waals surface area contributed by atoms with Gasteiger partial charge < -0.3 is 10.2 Å². The highest BCUT2D eigenvalue weighted by molar-refractivity contribution is 7.92.